The lowest BCUT2D eigenvalue weighted by molar-refractivity contribution is -0.161. The molecular weight excluding hydrogens is 1160 g/mol. The van der Waals surface area contributed by atoms with E-state index in [1.165, 1.54) is 167 Å². The Kier molecular flexibility index (Phi) is 61.1. The number of hydrogen-bond donors (Lipinski definition) is 3. The molecule has 0 aromatic carbocycles. The minimum Gasteiger partial charge on any atom is -0.462 e. The highest BCUT2D eigenvalue weighted by atomic mass is 31.2. The van der Waals surface area contributed by atoms with Crippen LogP contribution in [0.15, 0.2) is 0 Å². The van der Waals surface area contributed by atoms with Gasteiger partial charge in [0.25, 0.3) is 0 Å². The van der Waals surface area contributed by atoms with Gasteiger partial charge in [-0.15, -0.1) is 0 Å². The van der Waals surface area contributed by atoms with Gasteiger partial charge in [0.1, 0.15) is 19.3 Å². The first-order chi connectivity index (χ1) is 42.5. The van der Waals surface area contributed by atoms with E-state index < -0.39 is 97.5 Å². The third kappa shape index (κ3) is 62.8. The van der Waals surface area contributed by atoms with Gasteiger partial charge in [0.15, 0.2) is 12.2 Å². The fourth-order valence-corrected chi connectivity index (χ4v) is 12.0. The highest BCUT2D eigenvalue weighted by molar-refractivity contribution is 7.47. The first-order valence-electron chi connectivity index (χ1n) is 36.1. The SMILES string of the molecule is CCCCCCCCCCCCCCCCCCCCCCCC(=O)O[C@H](COC(=O)CCCCCCCCCC(C)C)COP(=O)(O)OC[C@@H](O)COP(=O)(O)OC[C@@H](COC(=O)CCCCCCCCCC)OC(=O)CCCCCCCCCCC. The van der Waals surface area contributed by atoms with E-state index in [1.54, 1.807) is 0 Å². The van der Waals surface area contributed by atoms with E-state index >= 15 is 0 Å². The molecule has 0 bridgehead atoms. The van der Waals surface area contributed by atoms with Gasteiger partial charge in [-0.25, -0.2) is 9.13 Å². The smallest absolute Gasteiger partial charge is 0.462 e. The molecule has 0 aliphatic heterocycles. The van der Waals surface area contributed by atoms with Gasteiger partial charge in [0.05, 0.1) is 26.4 Å². The van der Waals surface area contributed by atoms with Crippen LogP contribution in [0, 0.1) is 5.92 Å². The molecule has 3 N–H and O–H groups in total. The molecule has 2 unspecified atom stereocenters. The maximum absolute atomic E-state index is 13.0. The lowest BCUT2D eigenvalue weighted by Crippen LogP contribution is -2.30. The Labute approximate surface area is 537 Å². The number of unbranched alkanes of at least 4 members (excludes halogenated alkanes) is 41. The minimum atomic E-state index is -4.95. The molecule has 0 amide bonds. The lowest BCUT2D eigenvalue weighted by atomic mass is 10.0. The Bertz CT molecular complexity index is 1700. The highest BCUT2D eigenvalue weighted by Crippen LogP contribution is 2.45. The van der Waals surface area contributed by atoms with E-state index in [0.717, 1.165) is 103 Å². The van der Waals surface area contributed by atoms with Gasteiger partial charge in [-0.05, 0) is 31.6 Å². The maximum atomic E-state index is 13.0. The van der Waals surface area contributed by atoms with Crippen molar-refractivity contribution in [2.75, 3.05) is 39.6 Å². The number of phosphoric acid groups is 2. The van der Waals surface area contributed by atoms with Crippen molar-refractivity contribution in [3.05, 3.63) is 0 Å². The molecule has 88 heavy (non-hydrogen) atoms. The van der Waals surface area contributed by atoms with Crippen molar-refractivity contribution in [2.24, 2.45) is 5.92 Å². The van der Waals surface area contributed by atoms with Crippen molar-refractivity contribution < 1.29 is 80.2 Å². The molecule has 0 heterocycles. The standard InChI is InChI=1S/C69H134O17P2/c1-6-9-12-15-18-21-22-23-24-25-26-27-28-29-30-31-32-34-39-45-50-55-69(74)86-65(59-80-67(72)53-48-43-40-35-36-41-46-51-62(4)5)61-84-88(77,78)82-57-63(70)56-81-87(75,76)83-60-64(58-79-66(71)52-47-42-37-20-17-14-11-8-3)85-68(73)54-49-44-38-33-19-16-13-10-7-2/h62-65,70H,6-61H2,1-5H3,(H,75,76)(H,77,78)/t63-,64+,65+/m0/s1. The molecule has 0 aromatic rings. The summed E-state index contributed by atoms with van der Waals surface area (Å²) in [6.07, 6.45) is 48.9. The van der Waals surface area contributed by atoms with E-state index in [2.05, 4.69) is 34.6 Å². The Balaban J connectivity index is 5.11. The monoisotopic (exact) mass is 1300 g/mol. The second kappa shape index (κ2) is 62.5. The highest BCUT2D eigenvalue weighted by Gasteiger charge is 2.30. The van der Waals surface area contributed by atoms with Crippen molar-refractivity contribution >= 4 is 39.5 Å². The molecule has 0 spiro atoms. The maximum Gasteiger partial charge on any atom is 0.472 e. The number of phosphoric ester groups is 2. The van der Waals surface area contributed by atoms with E-state index in [1.807, 2.05) is 0 Å². The van der Waals surface area contributed by atoms with Crippen molar-refractivity contribution in [3.8, 4) is 0 Å². The van der Waals surface area contributed by atoms with Crippen molar-refractivity contribution in [1.82, 2.24) is 0 Å². The van der Waals surface area contributed by atoms with E-state index in [9.17, 15) is 43.2 Å². The molecule has 0 aliphatic rings. The normalized spacial score (nSPS) is 14.1. The fourth-order valence-electron chi connectivity index (χ4n) is 10.5. The number of aliphatic hydroxyl groups is 1. The number of hydrogen-bond acceptors (Lipinski definition) is 15. The third-order valence-corrected chi connectivity index (χ3v) is 17.9. The van der Waals surface area contributed by atoms with Crippen molar-refractivity contribution in [1.29, 1.82) is 0 Å². The summed E-state index contributed by atoms with van der Waals surface area (Å²) in [5.74, 6) is -1.43. The van der Waals surface area contributed by atoms with E-state index in [-0.39, 0.29) is 25.7 Å². The summed E-state index contributed by atoms with van der Waals surface area (Å²) in [6.45, 7) is 7.13. The number of rotatable bonds is 69. The van der Waals surface area contributed by atoms with Crippen LogP contribution in [-0.2, 0) is 65.4 Å². The van der Waals surface area contributed by atoms with Gasteiger partial charge in [-0.2, -0.15) is 0 Å². The molecule has 19 heteroatoms. The molecule has 522 valence electrons. The van der Waals surface area contributed by atoms with Gasteiger partial charge in [0, 0.05) is 25.7 Å². The van der Waals surface area contributed by atoms with Gasteiger partial charge in [-0.1, -0.05) is 304 Å². The molecule has 0 aromatic heterocycles. The quantitative estimate of drug-likeness (QED) is 0.0222. The third-order valence-electron chi connectivity index (χ3n) is 16.0. The molecule has 0 rings (SSSR count). The molecule has 17 nitrogen and oxygen atoms in total. The Morgan fingerprint density at radius 3 is 0.773 bits per heavy atom. The predicted octanol–water partition coefficient (Wildman–Crippen LogP) is 19.7. The second-order valence-electron chi connectivity index (χ2n) is 25.4. The average molecular weight is 1300 g/mol. The average Bonchev–Trinajstić information content (AvgIpc) is 3.71. The van der Waals surface area contributed by atoms with Crippen molar-refractivity contribution in [2.45, 2.75) is 374 Å². The van der Waals surface area contributed by atoms with Gasteiger partial charge in [-0.3, -0.25) is 37.3 Å². The second-order valence-corrected chi connectivity index (χ2v) is 28.3. The molecule has 5 atom stereocenters. The summed E-state index contributed by atoms with van der Waals surface area (Å²) < 4.78 is 68.1. The Morgan fingerprint density at radius 2 is 0.523 bits per heavy atom. The zero-order chi connectivity index (χ0) is 64.9. The van der Waals surface area contributed by atoms with Crippen LogP contribution in [0.5, 0.6) is 0 Å². The van der Waals surface area contributed by atoms with Gasteiger partial charge in [0.2, 0.25) is 0 Å². The van der Waals surface area contributed by atoms with Gasteiger partial charge < -0.3 is 33.8 Å². The van der Waals surface area contributed by atoms with Crippen LogP contribution in [0.2, 0.25) is 0 Å². The summed E-state index contributed by atoms with van der Waals surface area (Å²) in [7, 11) is -9.89. The number of ether oxygens (including phenoxy) is 4. The summed E-state index contributed by atoms with van der Waals surface area (Å²) in [4.78, 5) is 72.3. The van der Waals surface area contributed by atoms with Crippen LogP contribution in [0.1, 0.15) is 356 Å². The van der Waals surface area contributed by atoms with Crippen LogP contribution < -0.4 is 0 Å². The minimum absolute atomic E-state index is 0.106. The number of esters is 4. The number of aliphatic hydroxyl groups excluding tert-OH is 1. The summed E-state index contributed by atoms with van der Waals surface area (Å²) in [6, 6.07) is 0. The largest absolute Gasteiger partial charge is 0.472 e. The first kappa shape index (κ1) is 86.1. The predicted molar refractivity (Wildman–Crippen MR) is 354 cm³/mol. The van der Waals surface area contributed by atoms with Crippen LogP contribution >= 0.6 is 15.6 Å². The first-order valence-corrected chi connectivity index (χ1v) is 39.1. The van der Waals surface area contributed by atoms with Crippen LogP contribution in [0.25, 0.3) is 0 Å². The molecule has 0 aliphatic carbocycles. The zero-order valence-electron chi connectivity index (χ0n) is 56.9. The van der Waals surface area contributed by atoms with Crippen molar-refractivity contribution in [3.63, 3.8) is 0 Å². The van der Waals surface area contributed by atoms with E-state index in [4.69, 9.17) is 37.0 Å². The topological polar surface area (TPSA) is 237 Å². The number of carbonyl (C=O) groups excluding carboxylic acids is 4. The van der Waals surface area contributed by atoms with Crippen LogP contribution in [0.4, 0.5) is 0 Å². The van der Waals surface area contributed by atoms with Crippen LogP contribution in [-0.4, -0.2) is 96.7 Å². The van der Waals surface area contributed by atoms with Gasteiger partial charge >= 0.3 is 39.5 Å². The molecule has 0 fully saturated rings. The lowest BCUT2D eigenvalue weighted by Gasteiger charge is -2.21. The summed E-state index contributed by atoms with van der Waals surface area (Å²) >= 11 is 0. The fraction of sp³-hybridized carbons (Fsp3) is 0.942. The molecular formula is C69H134O17P2. The summed E-state index contributed by atoms with van der Waals surface area (Å²) in [5.41, 5.74) is 0. The Morgan fingerprint density at radius 1 is 0.307 bits per heavy atom. The molecule has 0 saturated heterocycles. The van der Waals surface area contributed by atoms with E-state index in [0.29, 0.717) is 31.6 Å². The zero-order valence-corrected chi connectivity index (χ0v) is 58.6. The number of carbonyl (C=O) groups is 4. The molecule has 0 radical (unpaired) electrons. The molecule has 0 saturated carbocycles. The Hall–Kier alpha value is -1.94. The van der Waals surface area contributed by atoms with Crippen LogP contribution in [0.3, 0.4) is 0 Å². The summed E-state index contributed by atoms with van der Waals surface area (Å²) in [5, 5.41) is 10.5.